The van der Waals surface area contributed by atoms with Gasteiger partial charge in [0, 0.05) is 33.1 Å². The van der Waals surface area contributed by atoms with Gasteiger partial charge in [-0.05, 0) is 95.9 Å². The lowest BCUT2D eigenvalue weighted by Crippen LogP contribution is -2.32. The van der Waals surface area contributed by atoms with Crippen molar-refractivity contribution in [3.8, 4) is 11.3 Å². The van der Waals surface area contributed by atoms with Gasteiger partial charge in [-0.3, -0.25) is 29.4 Å². The summed E-state index contributed by atoms with van der Waals surface area (Å²) >= 11 is 9.94. The molecule has 2 aliphatic carbocycles. The van der Waals surface area contributed by atoms with Crippen LogP contribution in [-0.4, -0.2) is 40.1 Å². The average Bonchev–Trinajstić information content (AvgIpc) is 3.75. The Hall–Kier alpha value is -4.48. The monoisotopic (exact) mass is 701 g/mol. The number of rotatable bonds is 7. The maximum atomic E-state index is 13.5. The van der Waals surface area contributed by atoms with Gasteiger partial charge in [-0.1, -0.05) is 23.7 Å². The molecule has 1 aliphatic heterocycles. The number of nitro benzene ring substituents is 1. The van der Waals surface area contributed by atoms with Crippen LogP contribution >= 0.6 is 27.5 Å². The first-order valence-corrected chi connectivity index (χ1v) is 15.9. The number of fused-ring (bicyclic) bond motifs is 6. The van der Waals surface area contributed by atoms with E-state index in [9.17, 15) is 29.3 Å². The van der Waals surface area contributed by atoms with Crippen molar-refractivity contribution in [2.75, 3.05) is 11.5 Å². The number of esters is 1. The fraction of sp³-hybridized carbons (Fsp3) is 0.265. The molecule has 3 aromatic carbocycles. The maximum Gasteiger partial charge on any atom is 0.339 e. The summed E-state index contributed by atoms with van der Waals surface area (Å²) in [6.45, 7) is 1.19. The highest BCUT2D eigenvalue weighted by Gasteiger charge is 2.61. The predicted octanol–water partition coefficient (Wildman–Crippen LogP) is 7.11. The second-order valence-electron chi connectivity index (χ2n) is 12.0. The highest BCUT2D eigenvalue weighted by atomic mass is 79.9. The maximum absolute atomic E-state index is 13.5. The molecule has 3 fully saturated rings. The number of ether oxygens (including phenoxy) is 1. The summed E-state index contributed by atoms with van der Waals surface area (Å²) in [7, 11) is 0. The zero-order chi connectivity index (χ0) is 32.4. The molecule has 4 unspecified atom stereocenters. The molecule has 7 rings (SSSR count). The van der Waals surface area contributed by atoms with Gasteiger partial charge in [0.15, 0.2) is 12.4 Å². The Kier molecular flexibility index (Phi) is 7.48. The number of imide groups is 1. The van der Waals surface area contributed by atoms with Crippen LogP contribution in [0.5, 0.6) is 0 Å². The van der Waals surface area contributed by atoms with Gasteiger partial charge in [0.1, 0.15) is 0 Å². The molecule has 232 valence electrons. The van der Waals surface area contributed by atoms with Crippen molar-refractivity contribution in [2.45, 2.75) is 26.2 Å². The van der Waals surface area contributed by atoms with E-state index in [1.165, 1.54) is 29.2 Å². The van der Waals surface area contributed by atoms with E-state index in [-0.39, 0.29) is 52.3 Å². The topological polar surface area (TPSA) is 137 Å². The summed E-state index contributed by atoms with van der Waals surface area (Å²) in [4.78, 5) is 69.3. The minimum absolute atomic E-state index is 0.122. The lowest BCUT2D eigenvalue weighted by molar-refractivity contribution is -0.384. The lowest BCUT2D eigenvalue weighted by Gasteiger charge is -2.19. The highest BCUT2D eigenvalue weighted by Crippen LogP contribution is 2.56. The van der Waals surface area contributed by atoms with Crippen molar-refractivity contribution in [1.82, 2.24) is 4.98 Å². The number of amides is 2. The normalized spacial score (nSPS) is 21.6. The van der Waals surface area contributed by atoms with Crippen LogP contribution in [0.1, 0.15) is 45.5 Å². The van der Waals surface area contributed by atoms with E-state index in [0.29, 0.717) is 42.9 Å². The molecular weight excluding hydrogens is 678 g/mol. The fourth-order valence-electron chi connectivity index (χ4n) is 7.28. The zero-order valence-corrected chi connectivity index (χ0v) is 26.7. The Morgan fingerprint density at radius 1 is 1.02 bits per heavy atom. The Bertz CT molecular complexity index is 1970. The second-order valence-corrected chi connectivity index (χ2v) is 13.2. The van der Waals surface area contributed by atoms with Gasteiger partial charge in [-0.2, -0.15) is 0 Å². The van der Waals surface area contributed by atoms with Crippen molar-refractivity contribution in [2.24, 2.45) is 23.7 Å². The molecule has 46 heavy (non-hydrogen) atoms. The van der Waals surface area contributed by atoms with Crippen LogP contribution in [0, 0.1) is 40.7 Å². The van der Waals surface area contributed by atoms with E-state index < -0.39 is 23.3 Å². The van der Waals surface area contributed by atoms with Crippen LogP contribution in [-0.2, 0) is 14.3 Å². The summed E-state index contributed by atoms with van der Waals surface area (Å²) in [5.74, 6) is -1.41. The first-order chi connectivity index (χ1) is 22.0. The standard InChI is InChI=1S/C34H25BrClN3O7/c1-16-30(36)25(35)13-23-24(34(43)46-15-27(40)18-6-10-22(11-7-18)39(44)45)14-26(37-31(16)23)17-4-8-21(9-5-17)38-32(41)28-19-2-3-20(12-19)29(28)33(38)42/h4-11,13-14,19-20,28-29H,2-3,12,15H2,1H3. The first kappa shape index (κ1) is 30.2. The van der Waals surface area contributed by atoms with Gasteiger partial charge < -0.3 is 4.74 Å². The van der Waals surface area contributed by atoms with E-state index in [1.807, 2.05) is 0 Å². The molecule has 0 N–H and O–H groups in total. The number of benzene rings is 3. The quantitative estimate of drug-likeness (QED) is 0.0654. The highest BCUT2D eigenvalue weighted by molar-refractivity contribution is 9.10. The summed E-state index contributed by atoms with van der Waals surface area (Å²) in [5, 5.41) is 11.8. The number of anilines is 1. The Morgan fingerprint density at radius 3 is 2.26 bits per heavy atom. The van der Waals surface area contributed by atoms with Crippen molar-refractivity contribution in [1.29, 1.82) is 0 Å². The number of carbonyl (C=O) groups excluding carboxylic acids is 4. The number of aromatic nitrogens is 1. The van der Waals surface area contributed by atoms with Crippen molar-refractivity contribution in [3.05, 3.63) is 97.0 Å². The molecule has 0 spiro atoms. The van der Waals surface area contributed by atoms with E-state index in [1.54, 1.807) is 43.3 Å². The van der Waals surface area contributed by atoms with Gasteiger partial charge in [-0.25, -0.2) is 9.78 Å². The molecule has 2 heterocycles. The number of ketones is 1. The number of non-ortho nitro benzene ring substituents is 1. The molecule has 1 aromatic heterocycles. The number of carbonyl (C=O) groups is 4. The number of Topliss-reactive ketones (excluding diaryl/α,β-unsaturated/α-hetero) is 1. The van der Waals surface area contributed by atoms with Crippen molar-refractivity contribution < 1.29 is 28.8 Å². The molecule has 4 aromatic rings. The number of pyridine rings is 1. The van der Waals surface area contributed by atoms with Crippen LogP contribution < -0.4 is 4.90 Å². The number of hydrogen-bond donors (Lipinski definition) is 0. The molecule has 10 nitrogen and oxygen atoms in total. The number of nitro groups is 1. The third-order valence-electron chi connectivity index (χ3n) is 9.53. The average molecular weight is 703 g/mol. The van der Waals surface area contributed by atoms with Gasteiger partial charge >= 0.3 is 5.97 Å². The minimum Gasteiger partial charge on any atom is -0.454 e. The SMILES string of the molecule is Cc1c(Cl)c(Br)cc2c(C(=O)OCC(=O)c3ccc([N+](=O)[O-])cc3)cc(-c3ccc(N4C(=O)C5C6CCC(C6)C5C4=O)cc3)nc12. The van der Waals surface area contributed by atoms with E-state index >= 15 is 0 Å². The molecule has 0 radical (unpaired) electrons. The van der Waals surface area contributed by atoms with Crippen LogP contribution in [0.4, 0.5) is 11.4 Å². The zero-order valence-electron chi connectivity index (χ0n) is 24.4. The lowest BCUT2D eigenvalue weighted by atomic mass is 9.81. The summed E-state index contributed by atoms with van der Waals surface area (Å²) in [6, 6.07) is 15.2. The Balaban J connectivity index is 1.18. The number of hydrogen-bond acceptors (Lipinski definition) is 8. The Morgan fingerprint density at radius 2 is 1.65 bits per heavy atom. The molecule has 3 aliphatic rings. The van der Waals surface area contributed by atoms with E-state index in [2.05, 4.69) is 15.9 Å². The van der Waals surface area contributed by atoms with Gasteiger partial charge in [-0.15, -0.1) is 0 Å². The third-order valence-corrected chi connectivity index (χ3v) is 10.9. The van der Waals surface area contributed by atoms with Crippen LogP contribution in [0.2, 0.25) is 5.02 Å². The van der Waals surface area contributed by atoms with Gasteiger partial charge in [0.05, 0.1) is 44.2 Å². The molecule has 12 heteroatoms. The van der Waals surface area contributed by atoms with Gasteiger partial charge in [0.25, 0.3) is 5.69 Å². The molecule has 2 saturated carbocycles. The minimum atomic E-state index is -0.774. The summed E-state index contributed by atoms with van der Waals surface area (Å²) < 4.78 is 5.97. The second kappa shape index (κ2) is 11.4. The van der Waals surface area contributed by atoms with Gasteiger partial charge in [0.2, 0.25) is 11.8 Å². The van der Waals surface area contributed by atoms with E-state index in [0.717, 1.165) is 19.3 Å². The predicted molar refractivity (Wildman–Crippen MR) is 173 cm³/mol. The number of nitrogens with zero attached hydrogens (tertiary/aromatic N) is 3. The number of halogens is 2. The molecule has 4 atom stereocenters. The molecule has 2 amide bonds. The smallest absolute Gasteiger partial charge is 0.339 e. The number of aryl methyl sites for hydroxylation is 1. The first-order valence-electron chi connectivity index (χ1n) is 14.8. The van der Waals surface area contributed by atoms with Crippen LogP contribution in [0.25, 0.3) is 22.2 Å². The Labute approximate surface area is 276 Å². The summed E-state index contributed by atoms with van der Waals surface area (Å²) in [5.41, 5.74) is 2.77. The fourth-order valence-corrected chi connectivity index (χ4v) is 7.95. The molecular formula is C34H25BrClN3O7. The molecule has 1 saturated heterocycles. The van der Waals surface area contributed by atoms with Crippen LogP contribution in [0.15, 0.2) is 65.1 Å². The summed E-state index contributed by atoms with van der Waals surface area (Å²) in [6.07, 6.45) is 2.96. The van der Waals surface area contributed by atoms with Crippen molar-refractivity contribution >= 4 is 73.4 Å². The largest absolute Gasteiger partial charge is 0.454 e. The molecule has 2 bridgehead atoms. The van der Waals surface area contributed by atoms with E-state index in [4.69, 9.17) is 21.3 Å². The third kappa shape index (κ3) is 4.89. The van der Waals surface area contributed by atoms with Crippen molar-refractivity contribution in [3.63, 3.8) is 0 Å². The van der Waals surface area contributed by atoms with Crippen LogP contribution in [0.3, 0.4) is 0 Å².